The Morgan fingerprint density at radius 2 is 2.09 bits per heavy atom. The molecule has 3 heterocycles. The fraction of sp³-hybridized carbons (Fsp3) is 0.154. The molecule has 3 aromatic heterocycles. The summed E-state index contributed by atoms with van der Waals surface area (Å²) in [4.78, 5) is 32.1. The fourth-order valence-corrected chi connectivity index (χ4v) is 2.13. The van der Waals surface area contributed by atoms with Crippen LogP contribution in [0.1, 0.15) is 0 Å². The second kappa shape index (κ2) is 5.30. The van der Waals surface area contributed by atoms with Crippen molar-refractivity contribution in [2.45, 2.75) is 6.18 Å². The van der Waals surface area contributed by atoms with Gasteiger partial charge in [0.15, 0.2) is 5.65 Å². The van der Waals surface area contributed by atoms with Gasteiger partial charge in [-0.2, -0.15) is 13.2 Å². The van der Waals surface area contributed by atoms with Crippen LogP contribution in [-0.2, 0) is 0 Å². The summed E-state index contributed by atoms with van der Waals surface area (Å²) < 4.78 is 37.3. The molecule has 0 aliphatic rings. The normalized spacial score (nSPS) is 11.8. The molecule has 0 fully saturated rings. The van der Waals surface area contributed by atoms with Gasteiger partial charge in [-0.05, 0) is 12.1 Å². The summed E-state index contributed by atoms with van der Waals surface area (Å²) in [5.41, 5.74) is 1.51. The first-order valence-electron chi connectivity index (χ1n) is 6.44. The number of hydrogen-bond donors (Lipinski definition) is 3. The van der Waals surface area contributed by atoms with Crippen LogP contribution in [0.3, 0.4) is 0 Å². The first kappa shape index (κ1) is 14.9. The Hall–Kier alpha value is -3.04. The molecule has 0 bridgehead atoms. The quantitative estimate of drug-likeness (QED) is 0.671. The van der Waals surface area contributed by atoms with Gasteiger partial charge in [0, 0.05) is 29.7 Å². The Kier molecular flexibility index (Phi) is 3.43. The summed E-state index contributed by atoms with van der Waals surface area (Å²) in [6.07, 6.45) is -0.306. The van der Waals surface area contributed by atoms with Crippen LogP contribution in [-0.4, -0.2) is 38.3 Å². The molecule has 1 amide bonds. The van der Waals surface area contributed by atoms with Crippen LogP contribution in [0.2, 0.25) is 0 Å². The average Bonchev–Trinajstić information content (AvgIpc) is 3.08. The number of H-pyrrole nitrogens is 2. The van der Waals surface area contributed by atoms with Crippen LogP contribution in [0, 0.1) is 0 Å². The number of aromatic nitrogens is 4. The number of imidazole rings is 1. The largest absolute Gasteiger partial charge is 0.405 e. The minimum atomic E-state index is -4.48. The van der Waals surface area contributed by atoms with E-state index in [1.54, 1.807) is 17.4 Å². The molecule has 3 rings (SSSR count). The predicted molar refractivity (Wildman–Crippen MR) is 75.0 cm³/mol. The van der Waals surface area contributed by atoms with Crippen LogP contribution < -0.4 is 11.0 Å². The minimum Gasteiger partial charge on any atom is -0.328 e. The van der Waals surface area contributed by atoms with Gasteiger partial charge in [-0.25, -0.2) is 14.6 Å². The van der Waals surface area contributed by atoms with Gasteiger partial charge in [-0.15, -0.1) is 0 Å². The predicted octanol–water partition coefficient (Wildman–Crippen LogP) is 1.84. The molecule has 0 saturated carbocycles. The van der Waals surface area contributed by atoms with E-state index in [9.17, 15) is 22.8 Å². The topological polar surface area (TPSA) is 95.6 Å². The number of pyridine rings is 1. The summed E-state index contributed by atoms with van der Waals surface area (Å²) in [6.45, 7) is -1.41. The third-order valence-corrected chi connectivity index (χ3v) is 3.10. The van der Waals surface area contributed by atoms with E-state index in [2.05, 4.69) is 15.0 Å². The molecule has 0 saturated heterocycles. The van der Waals surface area contributed by atoms with E-state index in [0.29, 0.717) is 22.3 Å². The van der Waals surface area contributed by atoms with Crippen molar-refractivity contribution in [2.24, 2.45) is 0 Å². The number of nitrogens with zero attached hydrogens (tertiary/aromatic N) is 2. The second-order valence-electron chi connectivity index (χ2n) is 4.74. The van der Waals surface area contributed by atoms with Crippen molar-refractivity contribution in [3.05, 3.63) is 41.2 Å². The van der Waals surface area contributed by atoms with Crippen molar-refractivity contribution in [2.75, 3.05) is 6.54 Å². The number of amides is 1. The standard InChI is InChI=1S/C13H10F3N5O2/c14-13(15,16)6-18-12(23)21-4-2-7(5-21)8-1-3-17-10-9(8)19-11(22)20-10/h1-5H,6H2,(H,18,23)(H2,17,19,20,22). The first-order valence-corrected chi connectivity index (χ1v) is 6.44. The molecule has 120 valence electrons. The zero-order valence-corrected chi connectivity index (χ0v) is 11.4. The van der Waals surface area contributed by atoms with Crippen molar-refractivity contribution >= 4 is 17.2 Å². The van der Waals surface area contributed by atoms with Gasteiger partial charge in [0.25, 0.3) is 0 Å². The van der Waals surface area contributed by atoms with Crippen LogP contribution >= 0.6 is 0 Å². The highest BCUT2D eigenvalue weighted by Gasteiger charge is 2.28. The Morgan fingerprint density at radius 3 is 2.83 bits per heavy atom. The number of nitrogens with one attached hydrogen (secondary N) is 3. The number of alkyl halides is 3. The summed E-state index contributed by atoms with van der Waals surface area (Å²) in [5.74, 6) is 0. The highest BCUT2D eigenvalue weighted by Crippen LogP contribution is 2.24. The van der Waals surface area contributed by atoms with Gasteiger partial charge < -0.3 is 10.3 Å². The molecular weight excluding hydrogens is 315 g/mol. The van der Waals surface area contributed by atoms with Crippen LogP contribution in [0.5, 0.6) is 0 Å². The van der Waals surface area contributed by atoms with E-state index in [1.165, 1.54) is 18.6 Å². The lowest BCUT2D eigenvalue weighted by molar-refractivity contribution is -0.122. The lowest BCUT2D eigenvalue weighted by Crippen LogP contribution is -2.35. The Morgan fingerprint density at radius 1 is 1.30 bits per heavy atom. The average molecular weight is 325 g/mol. The molecule has 0 aliphatic carbocycles. The molecule has 7 nitrogen and oxygen atoms in total. The lowest BCUT2D eigenvalue weighted by atomic mass is 10.1. The third-order valence-electron chi connectivity index (χ3n) is 3.10. The van der Waals surface area contributed by atoms with E-state index in [0.717, 1.165) is 4.57 Å². The zero-order valence-electron chi connectivity index (χ0n) is 11.4. The minimum absolute atomic E-state index is 0.349. The van der Waals surface area contributed by atoms with Gasteiger partial charge in [0.05, 0.1) is 5.52 Å². The van der Waals surface area contributed by atoms with Crippen molar-refractivity contribution in [1.29, 1.82) is 0 Å². The number of halogens is 3. The number of fused-ring (bicyclic) bond motifs is 1. The summed E-state index contributed by atoms with van der Waals surface area (Å²) in [6, 6.07) is 2.27. The van der Waals surface area contributed by atoms with E-state index in [1.807, 2.05) is 0 Å². The fourth-order valence-electron chi connectivity index (χ4n) is 2.13. The van der Waals surface area contributed by atoms with Gasteiger partial charge in [-0.1, -0.05) is 0 Å². The molecule has 3 N–H and O–H groups in total. The van der Waals surface area contributed by atoms with Gasteiger partial charge in [0.1, 0.15) is 6.54 Å². The highest BCUT2D eigenvalue weighted by atomic mass is 19.4. The smallest absolute Gasteiger partial charge is 0.328 e. The first-order chi connectivity index (χ1) is 10.8. The molecule has 0 aliphatic heterocycles. The van der Waals surface area contributed by atoms with E-state index < -0.39 is 24.4 Å². The lowest BCUT2D eigenvalue weighted by Gasteiger charge is -2.08. The van der Waals surface area contributed by atoms with E-state index >= 15 is 0 Å². The van der Waals surface area contributed by atoms with Crippen LogP contribution in [0.15, 0.2) is 35.5 Å². The molecular formula is C13H10F3N5O2. The summed E-state index contributed by atoms with van der Waals surface area (Å²) in [7, 11) is 0. The zero-order chi connectivity index (χ0) is 16.6. The van der Waals surface area contributed by atoms with Crippen LogP contribution in [0.25, 0.3) is 22.3 Å². The van der Waals surface area contributed by atoms with Crippen molar-refractivity contribution < 1.29 is 18.0 Å². The molecule has 0 spiro atoms. The maximum absolute atomic E-state index is 12.1. The third kappa shape index (κ3) is 3.10. The van der Waals surface area contributed by atoms with Gasteiger partial charge in [0.2, 0.25) is 0 Å². The van der Waals surface area contributed by atoms with Gasteiger partial charge >= 0.3 is 17.9 Å². The van der Waals surface area contributed by atoms with Crippen molar-refractivity contribution in [3.8, 4) is 11.1 Å². The van der Waals surface area contributed by atoms with Gasteiger partial charge in [-0.3, -0.25) is 9.55 Å². The molecule has 23 heavy (non-hydrogen) atoms. The number of carbonyl (C=O) groups excluding carboxylic acids is 1. The maximum Gasteiger partial charge on any atom is 0.405 e. The molecule has 10 heteroatoms. The monoisotopic (exact) mass is 325 g/mol. The number of aromatic amines is 2. The number of hydrogen-bond acceptors (Lipinski definition) is 3. The molecule has 0 aromatic carbocycles. The SMILES string of the molecule is O=C(NCC(F)(F)F)n1ccc(-c2ccnc3[nH]c(=O)[nH]c23)c1. The maximum atomic E-state index is 12.1. The second-order valence-corrected chi connectivity index (χ2v) is 4.74. The molecule has 0 atom stereocenters. The Labute approximate surface area is 126 Å². The Balaban J connectivity index is 1.89. The van der Waals surface area contributed by atoms with E-state index in [4.69, 9.17) is 0 Å². The number of rotatable bonds is 2. The highest BCUT2D eigenvalue weighted by molar-refractivity contribution is 5.90. The Bertz CT molecular complexity index is 921. The molecule has 3 aromatic rings. The molecule has 0 radical (unpaired) electrons. The van der Waals surface area contributed by atoms with Crippen molar-refractivity contribution in [1.82, 2.24) is 24.8 Å². The summed E-state index contributed by atoms with van der Waals surface area (Å²) >= 11 is 0. The molecule has 0 unspecified atom stereocenters. The van der Waals surface area contributed by atoms with Crippen molar-refractivity contribution in [3.63, 3.8) is 0 Å². The summed E-state index contributed by atoms with van der Waals surface area (Å²) in [5, 5.41) is 1.77. The van der Waals surface area contributed by atoms with E-state index in [-0.39, 0.29) is 0 Å². The van der Waals surface area contributed by atoms with Crippen LogP contribution in [0.4, 0.5) is 18.0 Å². The number of carbonyl (C=O) groups is 1.